The van der Waals surface area contributed by atoms with E-state index < -0.39 is 0 Å². The Morgan fingerprint density at radius 3 is 2.50 bits per heavy atom. The van der Waals surface area contributed by atoms with Gasteiger partial charge < -0.3 is 0 Å². The molecule has 0 aromatic rings. The summed E-state index contributed by atoms with van der Waals surface area (Å²) in [5.41, 5.74) is 0. The molecule has 0 bridgehead atoms. The van der Waals surface area contributed by atoms with Crippen molar-refractivity contribution in [3.8, 4) is 0 Å². The van der Waals surface area contributed by atoms with Crippen molar-refractivity contribution in [1.82, 2.24) is 0 Å². The fourth-order valence-electron chi connectivity index (χ4n) is 1.26. The van der Waals surface area contributed by atoms with Gasteiger partial charge in [-0.2, -0.15) is 0 Å². The van der Waals surface area contributed by atoms with E-state index in [1.54, 1.807) is 0 Å². The predicted octanol–water partition coefficient (Wildman–Crippen LogP) is 2.62. The zero-order chi connectivity index (χ0) is 5.98. The molecule has 0 aromatic carbocycles. The monoisotopic (exact) mass is 131 g/mol. The van der Waals surface area contributed by atoms with Gasteiger partial charge in [0.05, 0.1) is 0 Å². The minimum absolute atomic E-state index is 0.469. The highest BCUT2D eigenvalue weighted by atomic mass is 35.5. The van der Waals surface area contributed by atoms with Crippen LogP contribution in [0.25, 0.3) is 0 Å². The standard InChI is InChI=1S/C7H12Cl/c1-2-6-3-4-7(8)5-6/h2,6-7H,3-5H2,1H3. The van der Waals surface area contributed by atoms with Gasteiger partial charge in [-0.3, -0.25) is 0 Å². The molecule has 0 aliphatic heterocycles. The van der Waals surface area contributed by atoms with E-state index in [1.165, 1.54) is 19.3 Å². The minimum atomic E-state index is 0.469. The Morgan fingerprint density at radius 2 is 2.25 bits per heavy atom. The van der Waals surface area contributed by atoms with Crippen LogP contribution in [0.3, 0.4) is 0 Å². The molecule has 1 aliphatic rings. The SMILES string of the molecule is C[CH]C1CCC(Cl)C1. The second-order valence-corrected chi connectivity index (χ2v) is 3.12. The molecule has 8 heavy (non-hydrogen) atoms. The first-order valence-corrected chi connectivity index (χ1v) is 3.70. The number of hydrogen-bond donors (Lipinski definition) is 0. The van der Waals surface area contributed by atoms with Gasteiger partial charge in [0.25, 0.3) is 0 Å². The predicted molar refractivity (Wildman–Crippen MR) is 37.0 cm³/mol. The Bertz CT molecular complexity index is 70.8. The summed E-state index contributed by atoms with van der Waals surface area (Å²) < 4.78 is 0. The van der Waals surface area contributed by atoms with Crippen LogP contribution in [-0.4, -0.2) is 5.38 Å². The summed E-state index contributed by atoms with van der Waals surface area (Å²) in [6.45, 7) is 2.12. The Morgan fingerprint density at radius 1 is 1.50 bits per heavy atom. The van der Waals surface area contributed by atoms with Crippen LogP contribution < -0.4 is 0 Å². The third kappa shape index (κ3) is 1.38. The van der Waals surface area contributed by atoms with Crippen LogP contribution in [-0.2, 0) is 0 Å². The van der Waals surface area contributed by atoms with Crippen molar-refractivity contribution in [3.63, 3.8) is 0 Å². The Kier molecular flexibility index (Phi) is 2.18. The molecule has 0 spiro atoms. The molecule has 1 radical (unpaired) electrons. The molecular weight excluding hydrogens is 120 g/mol. The van der Waals surface area contributed by atoms with E-state index in [9.17, 15) is 0 Å². The highest BCUT2D eigenvalue weighted by Gasteiger charge is 2.20. The first kappa shape index (κ1) is 6.41. The van der Waals surface area contributed by atoms with E-state index in [0.717, 1.165) is 5.92 Å². The van der Waals surface area contributed by atoms with Gasteiger partial charge in [0.1, 0.15) is 0 Å². The van der Waals surface area contributed by atoms with Gasteiger partial charge in [-0.25, -0.2) is 0 Å². The van der Waals surface area contributed by atoms with E-state index >= 15 is 0 Å². The smallest absolute Gasteiger partial charge is 0.0338 e. The van der Waals surface area contributed by atoms with E-state index in [2.05, 4.69) is 13.3 Å². The van der Waals surface area contributed by atoms with Crippen molar-refractivity contribution < 1.29 is 0 Å². The lowest BCUT2D eigenvalue weighted by atomic mass is 10.1. The summed E-state index contributed by atoms with van der Waals surface area (Å²) in [5, 5.41) is 0.469. The van der Waals surface area contributed by atoms with Crippen LogP contribution in [0.4, 0.5) is 0 Å². The molecule has 1 saturated carbocycles. The van der Waals surface area contributed by atoms with E-state index in [-0.39, 0.29) is 0 Å². The largest absolute Gasteiger partial charge is 0.123 e. The van der Waals surface area contributed by atoms with Crippen molar-refractivity contribution >= 4 is 11.6 Å². The van der Waals surface area contributed by atoms with Crippen LogP contribution in [0, 0.1) is 12.3 Å². The van der Waals surface area contributed by atoms with Crippen molar-refractivity contribution in [2.24, 2.45) is 5.92 Å². The number of hydrogen-bond acceptors (Lipinski definition) is 0. The molecule has 0 nitrogen and oxygen atoms in total. The van der Waals surface area contributed by atoms with Crippen LogP contribution in [0.2, 0.25) is 0 Å². The second-order valence-electron chi connectivity index (χ2n) is 2.50. The minimum Gasteiger partial charge on any atom is -0.123 e. The lowest BCUT2D eigenvalue weighted by Gasteiger charge is -2.00. The van der Waals surface area contributed by atoms with Gasteiger partial charge in [-0.15, -0.1) is 11.6 Å². The molecule has 1 heteroatoms. The highest BCUT2D eigenvalue weighted by Crippen LogP contribution is 2.30. The van der Waals surface area contributed by atoms with Crippen molar-refractivity contribution in [2.45, 2.75) is 31.6 Å². The third-order valence-corrected chi connectivity index (χ3v) is 2.28. The van der Waals surface area contributed by atoms with Crippen LogP contribution in [0.15, 0.2) is 0 Å². The summed E-state index contributed by atoms with van der Waals surface area (Å²) in [7, 11) is 0. The molecule has 0 amide bonds. The normalized spacial score (nSPS) is 38.2. The van der Waals surface area contributed by atoms with E-state index in [1.807, 2.05) is 0 Å². The summed E-state index contributed by atoms with van der Waals surface area (Å²) in [6.07, 6.45) is 6.00. The average molecular weight is 132 g/mol. The van der Waals surface area contributed by atoms with Gasteiger partial charge in [-0.1, -0.05) is 6.92 Å². The van der Waals surface area contributed by atoms with Crippen molar-refractivity contribution in [1.29, 1.82) is 0 Å². The molecule has 1 fully saturated rings. The van der Waals surface area contributed by atoms with Gasteiger partial charge in [0.2, 0.25) is 0 Å². The molecule has 0 N–H and O–H groups in total. The zero-order valence-electron chi connectivity index (χ0n) is 5.23. The lowest BCUT2D eigenvalue weighted by molar-refractivity contribution is 0.636. The molecule has 0 heterocycles. The molecule has 0 aromatic heterocycles. The molecular formula is C7H12Cl. The average Bonchev–Trinajstić information content (AvgIpc) is 2.14. The van der Waals surface area contributed by atoms with Crippen LogP contribution in [0.1, 0.15) is 26.2 Å². The molecule has 1 aliphatic carbocycles. The van der Waals surface area contributed by atoms with Crippen LogP contribution >= 0.6 is 11.6 Å². The van der Waals surface area contributed by atoms with Gasteiger partial charge in [-0.05, 0) is 31.6 Å². The number of halogens is 1. The van der Waals surface area contributed by atoms with Crippen LogP contribution in [0.5, 0.6) is 0 Å². The molecule has 0 saturated heterocycles. The maximum absolute atomic E-state index is 5.87. The number of rotatable bonds is 1. The van der Waals surface area contributed by atoms with E-state index in [4.69, 9.17) is 11.6 Å². The highest BCUT2D eigenvalue weighted by molar-refractivity contribution is 6.20. The fourth-order valence-corrected chi connectivity index (χ4v) is 1.62. The molecule has 2 unspecified atom stereocenters. The Labute approximate surface area is 56.2 Å². The quantitative estimate of drug-likeness (QED) is 0.480. The first-order chi connectivity index (χ1) is 3.83. The maximum atomic E-state index is 5.87. The Balaban J connectivity index is 2.22. The Hall–Kier alpha value is 0.290. The lowest BCUT2D eigenvalue weighted by Crippen LogP contribution is -1.92. The molecule has 2 atom stereocenters. The topological polar surface area (TPSA) is 0 Å². The first-order valence-electron chi connectivity index (χ1n) is 3.26. The van der Waals surface area contributed by atoms with Gasteiger partial charge >= 0.3 is 0 Å². The fraction of sp³-hybridized carbons (Fsp3) is 0.857. The summed E-state index contributed by atoms with van der Waals surface area (Å²) >= 11 is 5.87. The number of alkyl halides is 1. The van der Waals surface area contributed by atoms with E-state index in [0.29, 0.717) is 5.38 Å². The van der Waals surface area contributed by atoms with Crippen molar-refractivity contribution in [2.75, 3.05) is 0 Å². The zero-order valence-corrected chi connectivity index (χ0v) is 5.99. The summed E-state index contributed by atoms with van der Waals surface area (Å²) in [6, 6.07) is 0. The van der Waals surface area contributed by atoms with Gasteiger partial charge in [0, 0.05) is 5.38 Å². The van der Waals surface area contributed by atoms with Gasteiger partial charge in [0.15, 0.2) is 0 Å². The second kappa shape index (κ2) is 2.72. The summed E-state index contributed by atoms with van der Waals surface area (Å²) in [5.74, 6) is 0.817. The van der Waals surface area contributed by atoms with Crippen molar-refractivity contribution in [3.05, 3.63) is 6.42 Å². The molecule has 47 valence electrons. The maximum Gasteiger partial charge on any atom is 0.0338 e. The summed E-state index contributed by atoms with van der Waals surface area (Å²) in [4.78, 5) is 0. The molecule has 1 rings (SSSR count). The third-order valence-electron chi connectivity index (χ3n) is 1.88.